The topological polar surface area (TPSA) is 43.9 Å². The molecule has 0 bridgehead atoms. The van der Waals surface area contributed by atoms with Gasteiger partial charge in [-0.15, -0.1) is 0 Å². The van der Waals surface area contributed by atoms with Gasteiger partial charge >= 0.3 is 6.03 Å². The molecule has 0 saturated carbocycles. The number of halogens is 1. The van der Waals surface area contributed by atoms with Gasteiger partial charge in [0.15, 0.2) is 0 Å². The molecule has 1 aliphatic rings. The molecule has 1 atom stereocenters. The number of rotatable bonds is 4. The minimum atomic E-state index is -0.345. The molecule has 0 spiro atoms. The molecule has 1 rings (SSSR count). The van der Waals surface area contributed by atoms with E-state index < -0.39 is 0 Å². The summed E-state index contributed by atoms with van der Waals surface area (Å²) in [5.41, 5.74) is 0. The van der Waals surface area contributed by atoms with Crippen molar-refractivity contribution in [2.45, 2.75) is 6.04 Å². The quantitative estimate of drug-likeness (QED) is 0.545. The zero-order valence-corrected chi connectivity index (χ0v) is 10.8. The Morgan fingerprint density at radius 1 is 1.40 bits per heavy atom. The monoisotopic (exact) mass is 277 g/mol. The van der Waals surface area contributed by atoms with Gasteiger partial charge in [-0.3, -0.25) is 9.69 Å². The molecule has 1 unspecified atom stereocenters. The van der Waals surface area contributed by atoms with Crippen molar-refractivity contribution in [3.05, 3.63) is 0 Å². The summed E-state index contributed by atoms with van der Waals surface area (Å²) in [5.74, 6) is -0.129. The molecular weight excluding hydrogens is 262 g/mol. The first kappa shape index (κ1) is 12.4. The molecule has 1 saturated heterocycles. The van der Waals surface area contributed by atoms with Crippen LogP contribution in [0.4, 0.5) is 4.79 Å². The summed E-state index contributed by atoms with van der Waals surface area (Å²) in [6, 6.07) is -0.547. The first-order valence-electron chi connectivity index (χ1n) is 4.78. The Labute approximate surface area is 98.1 Å². The third-order valence-electron chi connectivity index (χ3n) is 2.46. The van der Waals surface area contributed by atoms with E-state index in [9.17, 15) is 9.59 Å². The Morgan fingerprint density at radius 2 is 2.00 bits per heavy atom. The van der Waals surface area contributed by atoms with Gasteiger partial charge in [0.25, 0.3) is 5.91 Å². The van der Waals surface area contributed by atoms with Crippen LogP contribution < -0.4 is 0 Å². The fourth-order valence-corrected chi connectivity index (χ4v) is 2.11. The summed E-state index contributed by atoms with van der Waals surface area (Å²) in [4.78, 5) is 28.1. The highest BCUT2D eigenvalue weighted by Crippen LogP contribution is 2.17. The van der Waals surface area contributed by atoms with E-state index >= 15 is 0 Å². The van der Waals surface area contributed by atoms with Crippen molar-refractivity contribution in [2.75, 3.05) is 39.6 Å². The van der Waals surface area contributed by atoms with Gasteiger partial charge in [-0.1, -0.05) is 15.9 Å². The van der Waals surface area contributed by atoms with Crippen LogP contribution in [0.15, 0.2) is 0 Å². The number of carbonyl (C=O) groups excluding carboxylic acids is 2. The second kappa shape index (κ2) is 4.94. The van der Waals surface area contributed by atoms with Gasteiger partial charge in [0.2, 0.25) is 0 Å². The molecule has 3 amide bonds. The Kier molecular flexibility index (Phi) is 4.10. The SMILES string of the molecule is CN(C)CCN1C(=O)N(C)C(=O)C1CBr. The smallest absolute Gasteiger partial charge is 0.310 e. The average molecular weight is 278 g/mol. The van der Waals surface area contributed by atoms with Crippen LogP contribution in [0.1, 0.15) is 0 Å². The summed E-state index contributed by atoms with van der Waals surface area (Å²) in [5, 5.41) is 0.495. The average Bonchev–Trinajstić information content (AvgIpc) is 2.39. The van der Waals surface area contributed by atoms with E-state index in [1.54, 1.807) is 4.90 Å². The lowest BCUT2D eigenvalue weighted by Crippen LogP contribution is -2.40. The molecule has 5 nitrogen and oxygen atoms in total. The first-order chi connectivity index (χ1) is 6.99. The Balaban J connectivity index is 2.68. The van der Waals surface area contributed by atoms with Gasteiger partial charge in [0.05, 0.1) is 0 Å². The van der Waals surface area contributed by atoms with Crippen LogP contribution in [0.25, 0.3) is 0 Å². The van der Waals surface area contributed by atoms with Crippen molar-refractivity contribution in [3.8, 4) is 0 Å². The van der Waals surface area contributed by atoms with Crippen LogP contribution in [0.5, 0.6) is 0 Å². The lowest BCUT2D eigenvalue weighted by atomic mass is 10.3. The third kappa shape index (κ3) is 2.49. The summed E-state index contributed by atoms with van der Waals surface area (Å²) >= 11 is 3.26. The molecule has 86 valence electrons. The minimum absolute atomic E-state index is 0.129. The van der Waals surface area contributed by atoms with Crippen molar-refractivity contribution in [1.29, 1.82) is 0 Å². The molecule has 0 aromatic rings. The fourth-order valence-electron chi connectivity index (χ4n) is 1.49. The summed E-state index contributed by atoms with van der Waals surface area (Å²) < 4.78 is 0. The van der Waals surface area contributed by atoms with E-state index in [1.807, 2.05) is 19.0 Å². The summed E-state index contributed by atoms with van der Waals surface area (Å²) in [7, 11) is 5.40. The highest BCUT2D eigenvalue weighted by molar-refractivity contribution is 9.09. The predicted octanol–water partition coefficient (Wildman–Crippen LogP) is 0.206. The van der Waals surface area contributed by atoms with Crippen molar-refractivity contribution >= 4 is 27.9 Å². The van der Waals surface area contributed by atoms with E-state index in [1.165, 1.54) is 11.9 Å². The standard InChI is InChI=1S/C9H16BrN3O2/c1-11(2)4-5-13-7(6-10)8(14)12(3)9(13)15/h7H,4-6H2,1-3H3. The molecule has 6 heteroatoms. The van der Waals surface area contributed by atoms with Gasteiger partial charge in [-0.2, -0.15) is 0 Å². The van der Waals surface area contributed by atoms with E-state index in [2.05, 4.69) is 15.9 Å². The van der Waals surface area contributed by atoms with Gasteiger partial charge in [-0.25, -0.2) is 4.79 Å². The molecule has 1 aliphatic heterocycles. The van der Waals surface area contributed by atoms with E-state index in [0.29, 0.717) is 11.9 Å². The van der Waals surface area contributed by atoms with Crippen molar-refractivity contribution < 1.29 is 9.59 Å². The molecular formula is C9H16BrN3O2. The van der Waals surface area contributed by atoms with E-state index in [0.717, 1.165) is 6.54 Å². The molecule has 15 heavy (non-hydrogen) atoms. The highest BCUT2D eigenvalue weighted by atomic mass is 79.9. The Hall–Kier alpha value is -0.620. The number of likely N-dealkylation sites (N-methyl/N-ethyl adjacent to an activating group) is 2. The number of urea groups is 1. The number of carbonyl (C=O) groups is 2. The normalized spacial score (nSPS) is 22.1. The van der Waals surface area contributed by atoms with E-state index in [-0.39, 0.29) is 18.0 Å². The molecule has 0 aliphatic carbocycles. The maximum absolute atomic E-state index is 11.7. The van der Waals surface area contributed by atoms with Crippen LogP contribution in [-0.2, 0) is 4.79 Å². The lowest BCUT2D eigenvalue weighted by Gasteiger charge is -2.21. The number of amides is 3. The Bertz CT molecular complexity index is 270. The van der Waals surface area contributed by atoms with Gasteiger partial charge in [0.1, 0.15) is 6.04 Å². The van der Waals surface area contributed by atoms with E-state index in [4.69, 9.17) is 0 Å². The third-order valence-corrected chi connectivity index (χ3v) is 3.07. The molecule has 0 aromatic carbocycles. The first-order valence-corrected chi connectivity index (χ1v) is 5.90. The molecule has 0 aromatic heterocycles. The molecule has 0 N–H and O–H groups in total. The number of imide groups is 1. The fraction of sp³-hybridized carbons (Fsp3) is 0.778. The zero-order chi connectivity index (χ0) is 11.6. The van der Waals surface area contributed by atoms with Crippen LogP contribution in [0.3, 0.4) is 0 Å². The van der Waals surface area contributed by atoms with Crippen LogP contribution >= 0.6 is 15.9 Å². The van der Waals surface area contributed by atoms with Gasteiger partial charge < -0.3 is 9.80 Å². The Morgan fingerprint density at radius 3 is 2.47 bits per heavy atom. The number of alkyl halides is 1. The van der Waals surface area contributed by atoms with Crippen molar-refractivity contribution in [3.63, 3.8) is 0 Å². The second-order valence-corrected chi connectivity index (χ2v) is 4.49. The van der Waals surface area contributed by atoms with Crippen LogP contribution in [-0.4, -0.2) is 72.2 Å². The van der Waals surface area contributed by atoms with Gasteiger partial charge in [-0.05, 0) is 14.1 Å². The largest absolute Gasteiger partial charge is 0.327 e. The second-order valence-electron chi connectivity index (χ2n) is 3.85. The van der Waals surface area contributed by atoms with Gasteiger partial charge in [0, 0.05) is 25.5 Å². The van der Waals surface area contributed by atoms with Crippen LogP contribution in [0.2, 0.25) is 0 Å². The highest BCUT2D eigenvalue weighted by Gasteiger charge is 2.41. The summed E-state index contributed by atoms with van der Waals surface area (Å²) in [6.45, 7) is 1.34. The van der Waals surface area contributed by atoms with Crippen LogP contribution in [0, 0.1) is 0 Å². The maximum atomic E-state index is 11.7. The van der Waals surface area contributed by atoms with Crippen molar-refractivity contribution in [1.82, 2.24) is 14.7 Å². The number of nitrogens with zero attached hydrogens (tertiary/aromatic N) is 3. The minimum Gasteiger partial charge on any atom is -0.310 e. The lowest BCUT2D eigenvalue weighted by molar-refractivity contribution is -0.126. The molecule has 0 radical (unpaired) electrons. The number of hydrogen-bond donors (Lipinski definition) is 0. The maximum Gasteiger partial charge on any atom is 0.327 e. The molecule has 1 heterocycles. The predicted molar refractivity (Wildman–Crippen MR) is 61.0 cm³/mol. The summed E-state index contributed by atoms with van der Waals surface area (Å²) in [6.07, 6.45) is 0. The zero-order valence-electron chi connectivity index (χ0n) is 9.23. The number of hydrogen-bond acceptors (Lipinski definition) is 3. The van der Waals surface area contributed by atoms with Crippen molar-refractivity contribution in [2.24, 2.45) is 0 Å². The molecule has 1 fully saturated rings.